The van der Waals surface area contributed by atoms with E-state index in [-0.39, 0.29) is 18.1 Å². The van der Waals surface area contributed by atoms with E-state index in [1.807, 2.05) is 54.6 Å². The first-order valence-corrected chi connectivity index (χ1v) is 12.9. The number of pyridine rings is 1. The van der Waals surface area contributed by atoms with E-state index in [9.17, 15) is 4.79 Å². The number of esters is 1. The van der Waals surface area contributed by atoms with Crippen LogP contribution in [-0.2, 0) is 4.74 Å². The van der Waals surface area contributed by atoms with Crippen LogP contribution in [0.5, 0.6) is 11.5 Å². The van der Waals surface area contributed by atoms with Gasteiger partial charge in [0.25, 0.3) is 0 Å². The highest BCUT2D eigenvalue weighted by Gasteiger charge is 2.43. The highest BCUT2D eigenvalue weighted by atomic mass is 32.1. The Hall–Kier alpha value is -4.37. The maximum atomic E-state index is 12.2. The van der Waals surface area contributed by atoms with Crippen molar-refractivity contribution in [3.63, 3.8) is 0 Å². The molecule has 1 N–H and O–H groups in total. The molecule has 0 bridgehead atoms. The van der Waals surface area contributed by atoms with Gasteiger partial charge in [0.15, 0.2) is 5.11 Å². The SMILES string of the molecule is COC(=O)c1cccc(-n2c(C)cc([C@H]3[C@@H](c4ccccn4)NC(=S)N3c3ccc(OC)cc3OC)c2C)c1. The zero-order valence-electron chi connectivity index (χ0n) is 22.5. The Morgan fingerprint density at radius 2 is 1.79 bits per heavy atom. The second-order valence-electron chi connectivity index (χ2n) is 9.24. The molecular formula is C30H30N4O4S. The maximum Gasteiger partial charge on any atom is 0.337 e. The molecule has 8 nitrogen and oxygen atoms in total. The molecule has 2 aromatic carbocycles. The number of thiocarbonyl (C=S) groups is 1. The fourth-order valence-electron chi connectivity index (χ4n) is 5.29. The summed E-state index contributed by atoms with van der Waals surface area (Å²) in [6, 6.07) is 20.7. The van der Waals surface area contributed by atoms with Crippen LogP contribution in [0.1, 0.15) is 45.1 Å². The molecule has 39 heavy (non-hydrogen) atoms. The quantitative estimate of drug-likeness (QED) is 0.243. The van der Waals surface area contributed by atoms with Gasteiger partial charge in [-0.25, -0.2) is 4.79 Å². The van der Waals surface area contributed by atoms with E-state index >= 15 is 0 Å². The summed E-state index contributed by atoms with van der Waals surface area (Å²) >= 11 is 5.92. The van der Waals surface area contributed by atoms with Gasteiger partial charge in [0.05, 0.1) is 50.4 Å². The summed E-state index contributed by atoms with van der Waals surface area (Å²) in [5.41, 5.74) is 6.15. The predicted octanol–water partition coefficient (Wildman–Crippen LogP) is 5.47. The molecule has 0 amide bonds. The van der Waals surface area contributed by atoms with Gasteiger partial charge in [0.2, 0.25) is 0 Å². The number of rotatable bonds is 7. The van der Waals surface area contributed by atoms with Crippen LogP contribution in [0.2, 0.25) is 0 Å². The van der Waals surface area contributed by atoms with E-state index in [0.717, 1.165) is 34.0 Å². The first-order valence-electron chi connectivity index (χ1n) is 12.5. The smallest absolute Gasteiger partial charge is 0.337 e. The molecule has 0 aliphatic carbocycles. The van der Waals surface area contributed by atoms with Crippen LogP contribution in [0, 0.1) is 13.8 Å². The first kappa shape index (κ1) is 26.2. The van der Waals surface area contributed by atoms with Gasteiger partial charge >= 0.3 is 5.97 Å². The molecule has 0 spiro atoms. The third kappa shape index (κ3) is 4.70. The van der Waals surface area contributed by atoms with Crippen molar-refractivity contribution in [2.24, 2.45) is 0 Å². The predicted molar refractivity (Wildman–Crippen MR) is 154 cm³/mol. The molecule has 200 valence electrons. The number of methoxy groups -OCH3 is 3. The Morgan fingerprint density at radius 1 is 0.974 bits per heavy atom. The Morgan fingerprint density at radius 3 is 2.49 bits per heavy atom. The van der Waals surface area contributed by atoms with Crippen molar-refractivity contribution < 1.29 is 19.0 Å². The summed E-state index contributed by atoms with van der Waals surface area (Å²) < 4.78 is 18.3. The summed E-state index contributed by atoms with van der Waals surface area (Å²) in [5, 5.41) is 4.08. The van der Waals surface area contributed by atoms with E-state index in [4.69, 9.17) is 26.4 Å². The molecule has 1 fully saturated rings. The number of hydrogen-bond donors (Lipinski definition) is 1. The van der Waals surface area contributed by atoms with Gasteiger partial charge in [0.1, 0.15) is 11.5 Å². The summed E-state index contributed by atoms with van der Waals surface area (Å²) in [7, 11) is 4.64. The molecule has 2 atom stereocenters. The monoisotopic (exact) mass is 542 g/mol. The summed E-state index contributed by atoms with van der Waals surface area (Å²) in [4.78, 5) is 19.0. The van der Waals surface area contributed by atoms with Crippen LogP contribution in [0.3, 0.4) is 0 Å². The van der Waals surface area contributed by atoms with Crippen LogP contribution >= 0.6 is 12.2 Å². The van der Waals surface area contributed by atoms with Crippen molar-refractivity contribution in [3.05, 3.63) is 101 Å². The van der Waals surface area contributed by atoms with Crippen molar-refractivity contribution >= 4 is 29.0 Å². The Labute approximate surface area is 233 Å². The van der Waals surface area contributed by atoms with Gasteiger partial charge in [-0.3, -0.25) is 4.98 Å². The van der Waals surface area contributed by atoms with Gasteiger partial charge in [-0.1, -0.05) is 12.1 Å². The largest absolute Gasteiger partial charge is 0.497 e. The molecule has 0 radical (unpaired) electrons. The third-order valence-corrected chi connectivity index (χ3v) is 7.37. The number of nitrogens with one attached hydrogen (secondary N) is 1. The van der Waals surface area contributed by atoms with Crippen molar-refractivity contribution in [1.29, 1.82) is 0 Å². The Balaban J connectivity index is 1.68. The van der Waals surface area contributed by atoms with Gasteiger partial charge in [-0.2, -0.15) is 0 Å². The Kier molecular flexibility index (Phi) is 7.26. The maximum absolute atomic E-state index is 12.2. The molecule has 3 heterocycles. The minimum absolute atomic E-state index is 0.221. The van der Waals surface area contributed by atoms with Gasteiger partial charge in [-0.05, 0) is 80.2 Å². The Bertz CT molecular complexity index is 1540. The van der Waals surface area contributed by atoms with Crippen LogP contribution in [0.25, 0.3) is 5.69 Å². The number of carbonyl (C=O) groups excluding carboxylic acids is 1. The van der Waals surface area contributed by atoms with Gasteiger partial charge < -0.3 is 29.0 Å². The zero-order chi connectivity index (χ0) is 27.7. The highest BCUT2D eigenvalue weighted by molar-refractivity contribution is 7.80. The average Bonchev–Trinajstić information content (AvgIpc) is 3.46. The molecule has 0 saturated carbocycles. The third-order valence-electron chi connectivity index (χ3n) is 7.06. The van der Waals surface area contributed by atoms with E-state index in [1.165, 1.54) is 7.11 Å². The molecule has 1 aliphatic heterocycles. The number of aryl methyl sites for hydroxylation is 1. The number of carbonyl (C=O) groups is 1. The lowest BCUT2D eigenvalue weighted by atomic mass is 9.96. The average molecular weight is 543 g/mol. The summed E-state index contributed by atoms with van der Waals surface area (Å²) in [6.45, 7) is 4.13. The molecule has 5 rings (SSSR count). The van der Waals surface area contributed by atoms with E-state index in [2.05, 4.69) is 39.7 Å². The fraction of sp³-hybridized carbons (Fsp3) is 0.233. The fourth-order valence-corrected chi connectivity index (χ4v) is 5.63. The topological polar surface area (TPSA) is 77.9 Å². The summed E-state index contributed by atoms with van der Waals surface area (Å²) in [6.07, 6.45) is 1.79. The zero-order valence-corrected chi connectivity index (χ0v) is 23.3. The number of ether oxygens (including phenoxy) is 3. The molecule has 4 aromatic rings. The minimum atomic E-state index is -0.377. The van der Waals surface area contributed by atoms with E-state index in [1.54, 1.807) is 26.5 Å². The van der Waals surface area contributed by atoms with Crippen LogP contribution in [-0.4, -0.2) is 42.0 Å². The minimum Gasteiger partial charge on any atom is -0.497 e. The molecule has 2 aromatic heterocycles. The standard InChI is InChI=1S/C30H30N4O4S/c1-18-15-23(19(2)33(18)21-10-8-9-20(16-21)29(35)38-5)28-27(24-11-6-7-14-31-24)32-30(39)34(28)25-13-12-22(36-3)17-26(25)37-4/h6-17,27-28H,1-5H3,(H,32,39)/t27-,28+/m1/s1. The molecule has 1 aliphatic rings. The molecular weight excluding hydrogens is 512 g/mol. The highest BCUT2D eigenvalue weighted by Crippen LogP contribution is 2.46. The van der Waals surface area contributed by atoms with Crippen LogP contribution in [0.4, 0.5) is 5.69 Å². The van der Waals surface area contributed by atoms with Crippen molar-refractivity contribution in [3.8, 4) is 17.2 Å². The lowest BCUT2D eigenvalue weighted by Gasteiger charge is -2.29. The lowest BCUT2D eigenvalue weighted by Crippen LogP contribution is -2.30. The second-order valence-corrected chi connectivity index (χ2v) is 9.62. The first-order chi connectivity index (χ1) is 18.9. The number of benzene rings is 2. The number of nitrogens with zero attached hydrogens (tertiary/aromatic N) is 3. The van der Waals surface area contributed by atoms with E-state index in [0.29, 0.717) is 22.2 Å². The molecule has 0 unspecified atom stereocenters. The van der Waals surface area contributed by atoms with Crippen LogP contribution < -0.4 is 19.7 Å². The van der Waals surface area contributed by atoms with Crippen LogP contribution in [0.15, 0.2) is 72.9 Å². The normalized spacial score (nSPS) is 16.6. The van der Waals surface area contributed by atoms with Crippen molar-refractivity contribution in [2.45, 2.75) is 25.9 Å². The summed E-state index contributed by atoms with van der Waals surface area (Å²) in [5.74, 6) is 0.956. The second kappa shape index (κ2) is 10.8. The molecule has 1 saturated heterocycles. The van der Waals surface area contributed by atoms with Crippen molar-refractivity contribution in [1.82, 2.24) is 14.9 Å². The van der Waals surface area contributed by atoms with Gasteiger partial charge in [-0.15, -0.1) is 0 Å². The molecule has 9 heteroatoms. The van der Waals surface area contributed by atoms with E-state index < -0.39 is 0 Å². The van der Waals surface area contributed by atoms with Gasteiger partial charge in [0, 0.05) is 29.3 Å². The van der Waals surface area contributed by atoms with Crippen molar-refractivity contribution in [2.75, 3.05) is 26.2 Å². The number of aromatic nitrogens is 2. The number of hydrogen-bond acceptors (Lipinski definition) is 6. The number of anilines is 1. The lowest BCUT2D eigenvalue weighted by molar-refractivity contribution is 0.0600.